The number of rotatable bonds is 2. The molecule has 0 aliphatic carbocycles. The van der Waals surface area contributed by atoms with E-state index in [-0.39, 0.29) is 0 Å². The van der Waals surface area contributed by atoms with E-state index >= 15 is 0 Å². The molecule has 0 amide bonds. The van der Waals surface area contributed by atoms with Gasteiger partial charge in [0.05, 0.1) is 0 Å². The van der Waals surface area contributed by atoms with Gasteiger partial charge in [-0.1, -0.05) is 6.08 Å². The first kappa shape index (κ1) is 7.95. The summed E-state index contributed by atoms with van der Waals surface area (Å²) in [6.45, 7) is 3.70. The zero-order valence-electron chi connectivity index (χ0n) is 5.81. The second-order valence-corrected chi connectivity index (χ2v) is 1.78. The van der Waals surface area contributed by atoms with Crippen molar-refractivity contribution in [3.05, 3.63) is 23.4 Å². The number of hydrogen-bond donors (Lipinski definition) is 2. The molecule has 2 heteroatoms. The fraction of sp³-hybridized carbons (Fsp3) is 0.286. The van der Waals surface area contributed by atoms with E-state index in [1.165, 1.54) is 6.21 Å². The molecule has 9 heavy (non-hydrogen) atoms. The van der Waals surface area contributed by atoms with Crippen LogP contribution in [0.2, 0.25) is 0 Å². The van der Waals surface area contributed by atoms with E-state index < -0.39 is 0 Å². The van der Waals surface area contributed by atoms with Crippen molar-refractivity contribution < 1.29 is 0 Å². The van der Waals surface area contributed by atoms with E-state index in [9.17, 15) is 0 Å². The number of nitrogens with one attached hydrogen (secondary N) is 1. The van der Waals surface area contributed by atoms with Crippen molar-refractivity contribution in [1.82, 2.24) is 0 Å². The van der Waals surface area contributed by atoms with Crippen molar-refractivity contribution in [2.75, 3.05) is 0 Å². The summed E-state index contributed by atoms with van der Waals surface area (Å²) < 4.78 is 0. The largest absolute Gasteiger partial charge is 0.398 e. The van der Waals surface area contributed by atoms with Crippen LogP contribution in [0, 0.1) is 5.41 Å². The van der Waals surface area contributed by atoms with Gasteiger partial charge in [-0.3, -0.25) is 0 Å². The molecule has 3 N–H and O–H groups in total. The quantitative estimate of drug-likeness (QED) is 0.424. The standard InChI is InChI=1S/C7H12N2/c1-3-4-7(9)6(2)5-8/h3-5,8H,9H2,1-2H3/b4-3-,7-6-,8-5?. The van der Waals surface area contributed by atoms with Crippen molar-refractivity contribution in [2.24, 2.45) is 5.73 Å². The molecule has 2 nitrogen and oxygen atoms in total. The number of hydrogen-bond acceptors (Lipinski definition) is 2. The molecule has 0 unspecified atom stereocenters. The maximum atomic E-state index is 6.82. The molecule has 0 aromatic heterocycles. The van der Waals surface area contributed by atoms with Crippen LogP contribution in [0.3, 0.4) is 0 Å². The van der Waals surface area contributed by atoms with E-state index in [1.54, 1.807) is 6.08 Å². The molecule has 0 aromatic rings. The number of nitrogens with two attached hydrogens (primary N) is 1. The first-order chi connectivity index (χ1) is 4.22. The summed E-state index contributed by atoms with van der Waals surface area (Å²) in [5.41, 5.74) is 6.94. The zero-order valence-corrected chi connectivity index (χ0v) is 5.81. The molecule has 0 aromatic carbocycles. The van der Waals surface area contributed by atoms with Gasteiger partial charge in [-0.05, 0) is 25.5 Å². The predicted octanol–water partition coefficient (Wildman–Crippen LogP) is 1.44. The lowest BCUT2D eigenvalue weighted by Gasteiger charge is -1.93. The van der Waals surface area contributed by atoms with Gasteiger partial charge in [-0.2, -0.15) is 0 Å². The Morgan fingerprint density at radius 1 is 1.56 bits per heavy atom. The van der Waals surface area contributed by atoms with Gasteiger partial charge in [0, 0.05) is 11.9 Å². The fourth-order valence-corrected chi connectivity index (χ4v) is 0.394. The van der Waals surface area contributed by atoms with Crippen LogP contribution < -0.4 is 5.73 Å². The van der Waals surface area contributed by atoms with Gasteiger partial charge in [-0.15, -0.1) is 0 Å². The molecule has 0 atom stereocenters. The molecule has 0 aliphatic heterocycles. The summed E-state index contributed by atoms with van der Waals surface area (Å²) in [5, 5.41) is 6.82. The summed E-state index contributed by atoms with van der Waals surface area (Å²) in [7, 11) is 0. The Bertz CT molecular complexity index is 154. The Morgan fingerprint density at radius 2 is 2.11 bits per heavy atom. The van der Waals surface area contributed by atoms with E-state index in [0.717, 1.165) is 5.57 Å². The van der Waals surface area contributed by atoms with Gasteiger partial charge in [-0.25, -0.2) is 0 Å². The topological polar surface area (TPSA) is 49.9 Å². The summed E-state index contributed by atoms with van der Waals surface area (Å²) in [5.74, 6) is 0. The maximum Gasteiger partial charge on any atom is 0.0355 e. The maximum absolute atomic E-state index is 6.82. The molecule has 0 spiro atoms. The molecule has 0 heterocycles. The lowest BCUT2D eigenvalue weighted by molar-refractivity contribution is 1.34. The van der Waals surface area contributed by atoms with Crippen molar-refractivity contribution in [3.63, 3.8) is 0 Å². The molecule has 0 saturated carbocycles. The molecule has 0 aliphatic rings. The van der Waals surface area contributed by atoms with Crippen molar-refractivity contribution >= 4 is 6.21 Å². The highest BCUT2D eigenvalue weighted by molar-refractivity contribution is 5.76. The molecule has 0 radical (unpaired) electrons. The van der Waals surface area contributed by atoms with Gasteiger partial charge in [0.2, 0.25) is 0 Å². The highest BCUT2D eigenvalue weighted by atomic mass is 14.6. The smallest absolute Gasteiger partial charge is 0.0355 e. The van der Waals surface area contributed by atoms with Crippen LogP contribution in [-0.4, -0.2) is 6.21 Å². The molecule has 0 saturated heterocycles. The molecule has 0 bridgehead atoms. The Hall–Kier alpha value is -1.05. The molecule has 50 valence electrons. The second kappa shape index (κ2) is 3.89. The van der Waals surface area contributed by atoms with Crippen LogP contribution in [0.4, 0.5) is 0 Å². The minimum Gasteiger partial charge on any atom is -0.398 e. The molecular formula is C7H12N2. The number of allylic oxidation sites excluding steroid dienone is 3. The highest BCUT2D eigenvalue weighted by Crippen LogP contribution is 1.94. The van der Waals surface area contributed by atoms with Crippen LogP contribution in [0.15, 0.2) is 23.4 Å². The average Bonchev–Trinajstić information content (AvgIpc) is 1.87. The molecular weight excluding hydrogens is 112 g/mol. The van der Waals surface area contributed by atoms with Crippen LogP contribution in [0.5, 0.6) is 0 Å². The predicted molar refractivity (Wildman–Crippen MR) is 40.5 cm³/mol. The first-order valence-corrected chi connectivity index (χ1v) is 2.82. The normalized spacial score (nSPS) is 13.6. The van der Waals surface area contributed by atoms with Gasteiger partial charge < -0.3 is 11.1 Å². The van der Waals surface area contributed by atoms with Crippen LogP contribution in [-0.2, 0) is 0 Å². The minimum atomic E-state index is 0.660. The summed E-state index contributed by atoms with van der Waals surface area (Å²) >= 11 is 0. The average molecular weight is 124 g/mol. The summed E-state index contributed by atoms with van der Waals surface area (Å²) in [6, 6.07) is 0. The monoisotopic (exact) mass is 124 g/mol. The van der Waals surface area contributed by atoms with Gasteiger partial charge >= 0.3 is 0 Å². The Balaban J connectivity index is 4.27. The lowest BCUT2D eigenvalue weighted by Crippen LogP contribution is -1.97. The van der Waals surface area contributed by atoms with E-state index in [0.29, 0.717) is 5.70 Å². The fourth-order valence-electron chi connectivity index (χ4n) is 0.394. The zero-order chi connectivity index (χ0) is 7.28. The minimum absolute atomic E-state index is 0.660. The van der Waals surface area contributed by atoms with Crippen molar-refractivity contribution in [1.29, 1.82) is 5.41 Å². The van der Waals surface area contributed by atoms with Crippen LogP contribution >= 0.6 is 0 Å². The van der Waals surface area contributed by atoms with Gasteiger partial charge in [0.25, 0.3) is 0 Å². The van der Waals surface area contributed by atoms with Crippen molar-refractivity contribution in [2.45, 2.75) is 13.8 Å². The molecule has 0 fully saturated rings. The molecule has 0 rings (SSSR count). The second-order valence-electron chi connectivity index (χ2n) is 1.78. The van der Waals surface area contributed by atoms with Gasteiger partial charge in [0.1, 0.15) is 0 Å². The summed E-state index contributed by atoms with van der Waals surface area (Å²) in [6.07, 6.45) is 4.87. The SMILES string of the molecule is C/C=C\C(N)=C(/C)C=N. The third-order valence-corrected chi connectivity index (χ3v) is 1.02. The van der Waals surface area contributed by atoms with Gasteiger partial charge in [0.15, 0.2) is 0 Å². The third kappa shape index (κ3) is 2.69. The van der Waals surface area contributed by atoms with E-state index in [4.69, 9.17) is 11.1 Å². The Morgan fingerprint density at radius 3 is 2.44 bits per heavy atom. The highest BCUT2D eigenvalue weighted by Gasteiger charge is 1.85. The Kier molecular flexibility index (Phi) is 3.44. The van der Waals surface area contributed by atoms with E-state index in [2.05, 4.69) is 0 Å². The lowest BCUT2D eigenvalue weighted by atomic mass is 10.2. The van der Waals surface area contributed by atoms with E-state index in [1.807, 2.05) is 19.9 Å². The van der Waals surface area contributed by atoms with Crippen LogP contribution in [0.25, 0.3) is 0 Å². The Labute approximate surface area is 55.6 Å². The summed E-state index contributed by atoms with van der Waals surface area (Å²) in [4.78, 5) is 0. The van der Waals surface area contributed by atoms with Crippen LogP contribution in [0.1, 0.15) is 13.8 Å². The third-order valence-electron chi connectivity index (χ3n) is 1.02. The first-order valence-electron chi connectivity index (χ1n) is 2.82. The van der Waals surface area contributed by atoms with Crippen molar-refractivity contribution in [3.8, 4) is 0 Å².